The Bertz CT molecular complexity index is 1830. The lowest BCUT2D eigenvalue weighted by Gasteiger charge is -2.12. The van der Waals surface area contributed by atoms with Gasteiger partial charge < -0.3 is 18.9 Å². The molecule has 7 rings (SSSR count). The van der Waals surface area contributed by atoms with Crippen LogP contribution in [0.5, 0.6) is 35.5 Å². The second-order valence-corrected chi connectivity index (χ2v) is 10.4. The molecule has 0 radical (unpaired) electrons. The maximum Gasteiger partial charge on any atom is 0.328 e. The quantitative estimate of drug-likeness (QED) is 0.190. The molecule has 0 amide bonds. The lowest BCUT2D eigenvalue weighted by molar-refractivity contribution is 0.268. The van der Waals surface area contributed by atoms with Crippen molar-refractivity contribution in [1.82, 2.24) is 29.9 Å². The maximum absolute atomic E-state index is 6.09. The first kappa shape index (κ1) is 27.5. The predicted molar refractivity (Wildman–Crippen MR) is 162 cm³/mol. The summed E-state index contributed by atoms with van der Waals surface area (Å²) < 4.78 is 24.1. The highest BCUT2D eigenvalue weighted by molar-refractivity contribution is 6.30. The van der Waals surface area contributed by atoms with Crippen LogP contribution in [0, 0.1) is 0 Å². The molecule has 0 saturated carbocycles. The highest BCUT2D eigenvalue weighted by Gasteiger charge is 2.16. The van der Waals surface area contributed by atoms with Crippen molar-refractivity contribution in [2.24, 2.45) is 0 Å². The number of aromatic nitrogens is 6. The molecule has 44 heavy (non-hydrogen) atoms. The third-order valence-electron chi connectivity index (χ3n) is 6.34. The van der Waals surface area contributed by atoms with E-state index in [1.54, 1.807) is 48.5 Å². The first-order valence-corrected chi connectivity index (χ1v) is 14.1. The zero-order chi connectivity index (χ0) is 29.9. The first-order chi connectivity index (χ1) is 21.5. The van der Waals surface area contributed by atoms with Crippen LogP contribution in [0.15, 0.2) is 97.1 Å². The molecule has 0 spiro atoms. The predicted octanol–water partition coefficient (Wildman–Crippen LogP) is 7.75. The fraction of sp³-hybridized carbons (Fsp3) is 0.0625. The molecule has 6 aromatic rings. The third-order valence-corrected chi connectivity index (χ3v) is 6.85. The fourth-order valence-corrected chi connectivity index (χ4v) is 4.52. The summed E-state index contributed by atoms with van der Waals surface area (Å²) in [5.74, 6) is 1.52. The summed E-state index contributed by atoms with van der Waals surface area (Å²) in [6.07, 6.45) is 0. The summed E-state index contributed by atoms with van der Waals surface area (Å²) in [5, 5.41) is 1.19. The largest absolute Gasteiger partial charge is 0.458 e. The van der Waals surface area contributed by atoms with Crippen molar-refractivity contribution in [2.45, 2.75) is 13.2 Å². The number of nitrogens with zero attached hydrogens (tertiary/aromatic N) is 6. The summed E-state index contributed by atoms with van der Waals surface area (Å²) in [7, 11) is 0. The minimum absolute atomic E-state index is 0.0350. The zero-order valence-electron chi connectivity index (χ0n) is 22.7. The van der Waals surface area contributed by atoms with Gasteiger partial charge in [-0.05, 0) is 77.9 Å². The first-order valence-electron chi connectivity index (χ1n) is 13.4. The monoisotopic (exact) mass is 622 g/mol. The van der Waals surface area contributed by atoms with E-state index in [0.29, 0.717) is 44.3 Å². The number of hydrogen-bond donors (Lipinski definition) is 0. The third kappa shape index (κ3) is 6.51. The van der Waals surface area contributed by atoms with Gasteiger partial charge in [-0.1, -0.05) is 47.5 Å². The van der Waals surface area contributed by atoms with Crippen LogP contribution in [0.25, 0.3) is 22.8 Å². The van der Waals surface area contributed by atoms with E-state index in [4.69, 9.17) is 42.1 Å². The minimum atomic E-state index is 0.0350. The molecule has 0 atom stereocenters. The van der Waals surface area contributed by atoms with Crippen LogP contribution in [0.2, 0.25) is 10.0 Å². The molecule has 1 aliphatic heterocycles. The zero-order valence-corrected chi connectivity index (χ0v) is 24.2. The minimum Gasteiger partial charge on any atom is -0.458 e. The van der Waals surface area contributed by atoms with E-state index >= 15 is 0 Å². The Kier molecular flexibility index (Phi) is 7.58. The molecule has 1 aliphatic rings. The van der Waals surface area contributed by atoms with Crippen LogP contribution in [-0.2, 0) is 13.2 Å². The molecule has 2 aromatic heterocycles. The van der Waals surface area contributed by atoms with Crippen molar-refractivity contribution in [3.8, 4) is 58.3 Å². The summed E-state index contributed by atoms with van der Waals surface area (Å²) in [4.78, 5) is 26.9. The Morgan fingerprint density at radius 1 is 0.455 bits per heavy atom. The molecular weight excluding hydrogens is 603 g/mol. The van der Waals surface area contributed by atoms with Gasteiger partial charge >= 0.3 is 24.0 Å². The molecule has 0 unspecified atom stereocenters. The van der Waals surface area contributed by atoms with Crippen molar-refractivity contribution in [2.75, 3.05) is 0 Å². The van der Waals surface area contributed by atoms with Crippen LogP contribution in [0.1, 0.15) is 11.1 Å². The Labute approximate surface area is 261 Å². The highest BCUT2D eigenvalue weighted by atomic mass is 35.5. The Morgan fingerprint density at radius 3 is 1.36 bits per heavy atom. The van der Waals surface area contributed by atoms with Gasteiger partial charge in [0.2, 0.25) is 0 Å². The smallest absolute Gasteiger partial charge is 0.328 e. The average molecular weight is 623 g/mol. The molecule has 0 saturated heterocycles. The van der Waals surface area contributed by atoms with E-state index in [9.17, 15) is 0 Å². The normalized spacial score (nSPS) is 12.4. The van der Waals surface area contributed by atoms with Gasteiger partial charge in [0, 0.05) is 27.2 Å². The van der Waals surface area contributed by atoms with E-state index in [1.807, 2.05) is 48.5 Å². The fourth-order valence-electron chi connectivity index (χ4n) is 4.27. The van der Waals surface area contributed by atoms with E-state index in [2.05, 4.69) is 29.9 Å². The molecule has 0 fully saturated rings. The molecule has 3 heterocycles. The van der Waals surface area contributed by atoms with Gasteiger partial charge in [0.15, 0.2) is 11.6 Å². The van der Waals surface area contributed by atoms with Crippen molar-refractivity contribution in [3.05, 3.63) is 118 Å². The second kappa shape index (κ2) is 12.1. The summed E-state index contributed by atoms with van der Waals surface area (Å²) in [6.45, 7) is 0.384. The molecule has 4 aromatic carbocycles. The number of benzene rings is 4. The second-order valence-electron chi connectivity index (χ2n) is 9.54. The molecule has 12 heteroatoms. The van der Waals surface area contributed by atoms with Gasteiger partial charge in [-0.25, -0.2) is 0 Å². The van der Waals surface area contributed by atoms with E-state index < -0.39 is 0 Å². The number of rotatable bonds is 2. The Morgan fingerprint density at radius 2 is 0.886 bits per heavy atom. The Balaban J connectivity index is 1.30. The van der Waals surface area contributed by atoms with Crippen molar-refractivity contribution < 1.29 is 18.9 Å². The van der Waals surface area contributed by atoms with Gasteiger partial charge in [0.1, 0.15) is 24.7 Å². The van der Waals surface area contributed by atoms with E-state index in [-0.39, 0.29) is 37.3 Å². The van der Waals surface area contributed by atoms with Crippen molar-refractivity contribution in [1.29, 1.82) is 0 Å². The lowest BCUT2D eigenvalue weighted by atomic mass is 10.1. The summed E-state index contributed by atoms with van der Waals surface area (Å²) in [6, 6.07) is 29.1. The van der Waals surface area contributed by atoms with Gasteiger partial charge in [0.05, 0.1) is 0 Å². The van der Waals surface area contributed by atoms with E-state index in [1.165, 1.54) is 0 Å². The standard InChI is InChI=1S/C32H20Cl2N6O4/c33-23-11-7-21(8-12-23)27-35-29-39-31(37-27)43-25-5-2-6-26(16-25)44-32-38-28(22-9-13-24(34)14-10-22)36-30(40-32)42-18-20-4-1-3-19(15-20)17-41-29/h1-16H,17-18H2. The lowest BCUT2D eigenvalue weighted by Crippen LogP contribution is -2.06. The topological polar surface area (TPSA) is 114 Å². The molecule has 0 N–H and O–H groups in total. The van der Waals surface area contributed by atoms with Gasteiger partial charge in [-0.3, -0.25) is 0 Å². The molecule has 10 nitrogen and oxygen atoms in total. The molecular formula is C32H20Cl2N6O4. The Hall–Kier alpha value is -5.32. The molecule has 0 aliphatic carbocycles. The molecule has 8 bridgehead atoms. The number of hydrogen-bond acceptors (Lipinski definition) is 10. The number of fused-ring (bicyclic) bond motifs is 8. The highest BCUT2D eigenvalue weighted by Crippen LogP contribution is 2.30. The maximum atomic E-state index is 6.09. The average Bonchev–Trinajstić information content (AvgIpc) is 3.03. The SMILES string of the molecule is Clc1ccc(-c2nc3nc(n2)Oc2cccc(c2)Oc2nc(nc(-c4ccc(Cl)cc4)n2)OCc2cccc(c2)CO3)cc1. The molecule has 216 valence electrons. The summed E-state index contributed by atoms with van der Waals surface area (Å²) >= 11 is 12.2. The van der Waals surface area contributed by atoms with Crippen LogP contribution >= 0.6 is 23.2 Å². The van der Waals surface area contributed by atoms with Gasteiger partial charge in [0.25, 0.3) is 0 Å². The van der Waals surface area contributed by atoms with Crippen molar-refractivity contribution in [3.63, 3.8) is 0 Å². The van der Waals surface area contributed by atoms with Crippen LogP contribution < -0.4 is 18.9 Å². The summed E-state index contributed by atoms with van der Waals surface area (Å²) in [5.41, 5.74) is 3.17. The van der Waals surface area contributed by atoms with Gasteiger partial charge in [-0.2, -0.15) is 19.9 Å². The van der Waals surface area contributed by atoms with Crippen LogP contribution in [-0.4, -0.2) is 29.9 Å². The number of ether oxygens (including phenoxy) is 4. The van der Waals surface area contributed by atoms with Crippen LogP contribution in [0.3, 0.4) is 0 Å². The van der Waals surface area contributed by atoms with Crippen molar-refractivity contribution >= 4 is 23.2 Å². The van der Waals surface area contributed by atoms with Gasteiger partial charge in [-0.15, -0.1) is 9.97 Å². The number of halogens is 2. The van der Waals surface area contributed by atoms with E-state index in [0.717, 1.165) is 11.1 Å². The van der Waals surface area contributed by atoms with Crippen LogP contribution in [0.4, 0.5) is 0 Å².